The summed E-state index contributed by atoms with van der Waals surface area (Å²) in [6.07, 6.45) is 3.44. The van der Waals surface area contributed by atoms with Crippen LogP contribution < -0.4 is 0 Å². The fourth-order valence-electron chi connectivity index (χ4n) is 10.3. The molecule has 0 aliphatic carbocycles. The molecule has 0 N–H and O–H groups in total. The molecule has 9 aromatic carbocycles. The van der Waals surface area contributed by atoms with Crippen LogP contribution in [0.25, 0.3) is 122 Å². The summed E-state index contributed by atoms with van der Waals surface area (Å²) in [7, 11) is 0. The van der Waals surface area contributed by atoms with Crippen LogP contribution in [0.2, 0.25) is 0 Å². The summed E-state index contributed by atoms with van der Waals surface area (Å²) in [5.41, 5.74) is 16.5. The van der Waals surface area contributed by atoms with Gasteiger partial charge < -0.3 is 9.13 Å². The molecule has 302 valence electrons. The molecule has 13 rings (SSSR count). The van der Waals surface area contributed by atoms with Crippen molar-refractivity contribution >= 4 is 54.4 Å². The average Bonchev–Trinajstić information content (AvgIpc) is 3.82. The van der Waals surface area contributed by atoms with Crippen LogP contribution >= 0.6 is 0 Å². The molecule has 5 nitrogen and oxygen atoms in total. The first-order chi connectivity index (χ1) is 31.7. The van der Waals surface area contributed by atoms with Crippen molar-refractivity contribution in [2.75, 3.05) is 0 Å². The summed E-state index contributed by atoms with van der Waals surface area (Å²) in [6, 6.07) is 70.3. The van der Waals surface area contributed by atoms with Crippen LogP contribution in [0.5, 0.6) is 0 Å². The molecule has 0 atom stereocenters. The molecule has 5 heteroatoms. The number of hydrogen-bond donors (Lipinski definition) is 0. The summed E-state index contributed by atoms with van der Waals surface area (Å²) in [6.45, 7) is 2.27. The largest absolute Gasteiger partial charge is 0.309 e. The lowest BCUT2D eigenvalue weighted by atomic mass is 9.92. The normalized spacial score (nSPS) is 12.0. The highest BCUT2D eigenvalue weighted by molar-refractivity contribution is 6.22. The van der Waals surface area contributed by atoms with E-state index in [4.69, 9.17) is 15.0 Å². The van der Waals surface area contributed by atoms with E-state index in [1.165, 1.54) is 84.4 Å². The predicted molar refractivity (Wildman–Crippen MR) is 265 cm³/mol. The third-order valence-electron chi connectivity index (χ3n) is 13.3. The van der Waals surface area contributed by atoms with E-state index in [0.717, 1.165) is 45.1 Å². The van der Waals surface area contributed by atoms with E-state index in [1.54, 1.807) is 0 Å². The SMILES string of the molecule is CCCCc1ccc2c(c1)-c1ccccc1-c1cccc3c4cc5c(cc4n-2c13)c1ccccc1n5-c1ccc(-c2nc(-c3ccccc3)nc(-c3ccccc3)n2)c2ccccc12. The lowest BCUT2D eigenvalue weighted by molar-refractivity contribution is 0.795. The zero-order chi connectivity index (χ0) is 42.3. The van der Waals surface area contributed by atoms with Crippen molar-refractivity contribution < 1.29 is 0 Å². The number of benzene rings is 9. The fourth-order valence-corrected chi connectivity index (χ4v) is 10.3. The quantitative estimate of drug-likeness (QED) is 0.161. The van der Waals surface area contributed by atoms with Gasteiger partial charge in [0.15, 0.2) is 17.5 Å². The Hall–Kier alpha value is -8.15. The first-order valence-electron chi connectivity index (χ1n) is 22.3. The van der Waals surface area contributed by atoms with E-state index >= 15 is 0 Å². The topological polar surface area (TPSA) is 48.5 Å². The standard InChI is InChI=1S/C59H41N5/c1-2-3-17-37-30-32-53-48(34-37)41-23-11-10-22-40(41)45-27-16-28-46-50-36-54-49(35-55(50)64(53)56(45)46)44-26-14-15-29-51(44)63(54)52-33-31-47(42-24-12-13-25-43(42)52)59-61-57(38-18-6-4-7-19-38)60-58(62-59)39-20-8-5-9-21-39/h4-16,18-36H,2-3,17H2,1H3. The van der Waals surface area contributed by atoms with Gasteiger partial charge in [0, 0.05) is 54.7 Å². The van der Waals surface area contributed by atoms with Crippen LogP contribution in [-0.2, 0) is 6.42 Å². The molecule has 0 saturated carbocycles. The maximum Gasteiger partial charge on any atom is 0.164 e. The molecule has 1 aliphatic heterocycles. The number of nitrogens with zero attached hydrogens (tertiary/aromatic N) is 5. The Labute approximate surface area is 370 Å². The van der Waals surface area contributed by atoms with Crippen LogP contribution in [0.4, 0.5) is 0 Å². The Bertz CT molecular complexity index is 3760. The minimum atomic E-state index is 0.642. The van der Waals surface area contributed by atoms with Crippen molar-refractivity contribution in [3.05, 3.63) is 200 Å². The van der Waals surface area contributed by atoms with E-state index in [2.05, 4.69) is 174 Å². The molecule has 0 saturated heterocycles. The van der Waals surface area contributed by atoms with Crippen molar-refractivity contribution in [2.45, 2.75) is 26.2 Å². The lowest BCUT2D eigenvalue weighted by Crippen LogP contribution is -2.01. The van der Waals surface area contributed by atoms with E-state index in [-0.39, 0.29) is 0 Å². The van der Waals surface area contributed by atoms with Crippen LogP contribution in [0, 0.1) is 0 Å². The maximum absolute atomic E-state index is 5.15. The highest BCUT2D eigenvalue weighted by Crippen LogP contribution is 2.48. The summed E-state index contributed by atoms with van der Waals surface area (Å²) in [5, 5.41) is 7.12. The number of aromatic nitrogens is 5. The molecule has 0 spiro atoms. The highest BCUT2D eigenvalue weighted by Gasteiger charge is 2.26. The number of rotatable bonds is 7. The Morgan fingerprint density at radius 2 is 0.922 bits per heavy atom. The molecule has 12 aromatic rings. The molecule has 0 radical (unpaired) electrons. The predicted octanol–water partition coefficient (Wildman–Crippen LogP) is 15.2. The van der Waals surface area contributed by atoms with Crippen molar-refractivity contribution in [3.63, 3.8) is 0 Å². The van der Waals surface area contributed by atoms with E-state index in [9.17, 15) is 0 Å². The molecule has 0 bridgehead atoms. The number of para-hydroxylation sites is 2. The van der Waals surface area contributed by atoms with E-state index in [1.807, 2.05) is 36.4 Å². The third kappa shape index (κ3) is 5.53. The smallest absolute Gasteiger partial charge is 0.164 e. The molecule has 1 aliphatic rings. The van der Waals surface area contributed by atoms with Crippen molar-refractivity contribution in [3.8, 4) is 67.8 Å². The van der Waals surface area contributed by atoms with Gasteiger partial charge in [-0.25, -0.2) is 15.0 Å². The molecule has 0 fully saturated rings. The second kappa shape index (κ2) is 14.5. The Morgan fingerprint density at radius 3 is 1.66 bits per heavy atom. The minimum absolute atomic E-state index is 0.642. The molecule has 0 unspecified atom stereocenters. The lowest BCUT2D eigenvalue weighted by Gasteiger charge is -2.16. The fraction of sp³-hybridized carbons (Fsp3) is 0.0678. The summed E-state index contributed by atoms with van der Waals surface area (Å²) in [4.78, 5) is 15.3. The second-order valence-electron chi connectivity index (χ2n) is 17.0. The van der Waals surface area contributed by atoms with Gasteiger partial charge in [-0.2, -0.15) is 0 Å². The van der Waals surface area contributed by atoms with Crippen LogP contribution in [0.3, 0.4) is 0 Å². The van der Waals surface area contributed by atoms with Crippen LogP contribution in [0.15, 0.2) is 194 Å². The van der Waals surface area contributed by atoms with Gasteiger partial charge in [-0.3, -0.25) is 0 Å². The summed E-state index contributed by atoms with van der Waals surface area (Å²) in [5.74, 6) is 1.94. The van der Waals surface area contributed by atoms with Gasteiger partial charge in [0.2, 0.25) is 0 Å². The monoisotopic (exact) mass is 819 g/mol. The number of unbranched alkanes of at least 4 members (excludes halogenated alkanes) is 1. The van der Waals surface area contributed by atoms with Crippen molar-refractivity contribution in [2.24, 2.45) is 0 Å². The zero-order valence-corrected chi connectivity index (χ0v) is 35.3. The maximum atomic E-state index is 5.15. The van der Waals surface area contributed by atoms with E-state index in [0.29, 0.717) is 17.5 Å². The van der Waals surface area contributed by atoms with Crippen molar-refractivity contribution in [1.29, 1.82) is 0 Å². The van der Waals surface area contributed by atoms with Gasteiger partial charge >= 0.3 is 0 Å². The number of fused-ring (bicyclic) bond motifs is 12. The van der Waals surface area contributed by atoms with E-state index < -0.39 is 0 Å². The molecule has 4 heterocycles. The Morgan fingerprint density at radius 1 is 0.359 bits per heavy atom. The van der Waals surface area contributed by atoms with Gasteiger partial charge in [0.05, 0.1) is 33.4 Å². The third-order valence-corrected chi connectivity index (χ3v) is 13.3. The van der Waals surface area contributed by atoms with Gasteiger partial charge in [0.25, 0.3) is 0 Å². The average molecular weight is 820 g/mol. The summed E-state index contributed by atoms with van der Waals surface area (Å²) >= 11 is 0. The second-order valence-corrected chi connectivity index (χ2v) is 17.0. The summed E-state index contributed by atoms with van der Waals surface area (Å²) < 4.78 is 5.02. The molecule has 64 heavy (non-hydrogen) atoms. The van der Waals surface area contributed by atoms with Gasteiger partial charge in [0.1, 0.15) is 0 Å². The number of aryl methyl sites for hydroxylation is 1. The van der Waals surface area contributed by atoms with Gasteiger partial charge in [-0.15, -0.1) is 0 Å². The highest BCUT2D eigenvalue weighted by atomic mass is 15.0. The molecular weight excluding hydrogens is 779 g/mol. The first-order valence-corrected chi connectivity index (χ1v) is 22.3. The van der Waals surface area contributed by atoms with Crippen LogP contribution in [-0.4, -0.2) is 24.1 Å². The van der Waals surface area contributed by atoms with Crippen LogP contribution in [0.1, 0.15) is 25.3 Å². The Kier molecular flexibility index (Phi) is 8.25. The minimum Gasteiger partial charge on any atom is -0.309 e. The molecule has 3 aromatic heterocycles. The zero-order valence-electron chi connectivity index (χ0n) is 35.3. The Balaban J connectivity index is 1.07. The molecule has 0 amide bonds. The van der Waals surface area contributed by atoms with Gasteiger partial charge in [-0.1, -0.05) is 165 Å². The van der Waals surface area contributed by atoms with Gasteiger partial charge in [-0.05, 0) is 77.4 Å². The molecular formula is C59H41N5. The first kappa shape index (κ1) is 36.5. The van der Waals surface area contributed by atoms with Crippen molar-refractivity contribution in [1.82, 2.24) is 24.1 Å². The number of hydrogen-bond acceptors (Lipinski definition) is 3.